The van der Waals surface area contributed by atoms with Crippen molar-refractivity contribution in [1.82, 2.24) is 0 Å². The number of rotatable bonds is 7. The lowest BCUT2D eigenvalue weighted by Crippen LogP contribution is -2.30. The molecule has 0 saturated heterocycles. The number of nitrogens with one attached hydrogen (secondary N) is 1. The van der Waals surface area contributed by atoms with Crippen LogP contribution in [0.2, 0.25) is 0 Å². The molecule has 0 aliphatic carbocycles. The van der Waals surface area contributed by atoms with Gasteiger partial charge in [-0.15, -0.1) is 0 Å². The molecule has 1 aromatic rings. The molecule has 1 rings (SSSR count). The fourth-order valence-electron chi connectivity index (χ4n) is 1.81. The summed E-state index contributed by atoms with van der Waals surface area (Å²) in [6.45, 7) is 3.76. The van der Waals surface area contributed by atoms with E-state index in [2.05, 4.69) is 15.9 Å². The van der Waals surface area contributed by atoms with Crippen molar-refractivity contribution in [3.63, 3.8) is 0 Å². The highest BCUT2D eigenvalue weighted by atomic mass is 79.9. The van der Waals surface area contributed by atoms with E-state index in [1.807, 2.05) is 6.92 Å². The van der Waals surface area contributed by atoms with Crippen LogP contribution in [0.3, 0.4) is 0 Å². The van der Waals surface area contributed by atoms with Crippen LogP contribution in [0, 0.1) is 0 Å². The van der Waals surface area contributed by atoms with Gasteiger partial charge in [-0.1, -0.05) is 29.3 Å². The van der Waals surface area contributed by atoms with Crippen molar-refractivity contribution in [1.29, 1.82) is 0 Å². The van der Waals surface area contributed by atoms with Gasteiger partial charge in [-0.2, -0.15) is 13.2 Å². The fraction of sp³-hybridized carbons (Fsp3) is 0.467. The second-order valence-corrected chi connectivity index (χ2v) is 5.82. The van der Waals surface area contributed by atoms with E-state index in [1.165, 1.54) is 18.2 Å². The van der Waals surface area contributed by atoms with Crippen LogP contribution < -0.4 is 10.1 Å². The molecular weight excluding hydrogens is 379 g/mol. The van der Waals surface area contributed by atoms with Crippen LogP contribution in [0.25, 0.3) is 0 Å². The molecule has 4 nitrogen and oxygen atoms in total. The zero-order valence-electron chi connectivity index (χ0n) is 12.7. The lowest BCUT2D eigenvalue weighted by molar-refractivity contribution is -0.167. The second-order valence-electron chi connectivity index (χ2n) is 4.72. The molecule has 0 aromatic heterocycles. The molecule has 0 bridgehead atoms. The molecule has 0 aliphatic rings. The van der Waals surface area contributed by atoms with E-state index < -0.39 is 12.1 Å². The highest BCUT2D eigenvalue weighted by molar-refractivity contribution is 9.10. The summed E-state index contributed by atoms with van der Waals surface area (Å²) < 4.78 is 42.2. The molecule has 0 heterocycles. The third kappa shape index (κ3) is 5.53. The van der Waals surface area contributed by atoms with Gasteiger partial charge < -0.3 is 10.1 Å². The van der Waals surface area contributed by atoms with Crippen molar-refractivity contribution in [2.75, 3.05) is 11.9 Å². The lowest BCUT2D eigenvalue weighted by atomic mass is 10.0. The van der Waals surface area contributed by atoms with Crippen molar-refractivity contribution < 1.29 is 27.5 Å². The van der Waals surface area contributed by atoms with Crippen molar-refractivity contribution in [2.24, 2.45) is 0 Å². The number of anilines is 1. The van der Waals surface area contributed by atoms with Crippen molar-refractivity contribution in [3.05, 3.63) is 23.8 Å². The quantitative estimate of drug-likeness (QED) is 0.552. The van der Waals surface area contributed by atoms with Gasteiger partial charge in [0.25, 0.3) is 0 Å². The molecule has 1 unspecified atom stereocenters. The average Bonchev–Trinajstić information content (AvgIpc) is 2.47. The summed E-state index contributed by atoms with van der Waals surface area (Å²) >= 11 is 3.28. The average molecular weight is 396 g/mol. The maximum absolute atomic E-state index is 12.3. The Balaban J connectivity index is 3.07. The summed E-state index contributed by atoms with van der Waals surface area (Å²) in [4.78, 5) is 22.9. The van der Waals surface area contributed by atoms with E-state index in [9.17, 15) is 22.8 Å². The standard InChI is InChI=1S/C15H17BrF3NO3/c1-3-5-10(16)13(21)9-6-7-11(12(8-9)23-4-2)20-14(22)15(17,18)19/h6-8,10H,3-5H2,1-2H3,(H,20,22). The number of amides is 1. The molecule has 0 radical (unpaired) electrons. The van der Waals surface area contributed by atoms with Crippen LogP contribution in [0.5, 0.6) is 5.75 Å². The highest BCUT2D eigenvalue weighted by Crippen LogP contribution is 2.29. The Hall–Kier alpha value is -1.57. The Morgan fingerprint density at radius 2 is 1.96 bits per heavy atom. The summed E-state index contributed by atoms with van der Waals surface area (Å²) in [6.07, 6.45) is -3.56. The van der Waals surface area contributed by atoms with Gasteiger partial charge in [0.05, 0.1) is 17.1 Å². The van der Waals surface area contributed by atoms with Gasteiger partial charge in [0, 0.05) is 5.56 Å². The molecule has 0 aliphatic heterocycles. The SMILES string of the molecule is CCCC(Br)C(=O)c1ccc(NC(=O)C(F)(F)F)c(OCC)c1. The summed E-state index contributed by atoms with van der Waals surface area (Å²) in [5.74, 6) is -2.27. The van der Waals surface area contributed by atoms with E-state index in [-0.39, 0.29) is 28.7 Å². The molecule has 0 fully saturated rings. The fourth-order valence-corrected chi connectivity index (χ4v) is 2.53. The van der Waals surface area contributed by atoms with Gasteiger partial charge in [0.2, 0.25) is 0 Å². The Morgan fingerprint density at radius 3 is 2.48 bits per heavy atom. The number of ketones is 1. The molecule has 0 saturated carbocycles. The number of hydrogen-bond donors (Lipinski definition) is 1. The topological polar surface area (TPSA) is 55.4 Å². The van der Waals surface area contributed by atoms with Crippen LogP contribution in [0.15, 0.2) is 18.2 Å². The maximum Gasteiger partial charge on any atom is 0.471 e. The van der Waals surface area contributed by atoms with Gasteiger partial charge in [0.1, 0.15) is 5.75 Å². The second kappa shape index (κ2) is 8.33. The number of ether oxygens (including phenoxy) is 1. The van der Waals surface area contributed by atoms with E-state index in [1.54, 1.807) is 12.2 Å². The molecule has 1 aromatic carbocycles. The van der Waals surface area contributed by atoms with Gasteiger partial charge >= 0.3 is 12.1 Å². The Morgan fingerprint density at radius 1 is 1.30 bits per heavy atom. The predicted molar refractivity (Wildman–Crippen MR) is 84.2 cm³/mol. The minimum Gasteiger partial charge on any atom is -0.492 e. The summed E-state index contributed by atoms with van der Waals surface area (Å²) in [5, 5.41) is 1.74. The molecule has 23 heavy (non-hydrogen) atoms. The van der Waals surface area contributed by atoms with Gasteiger partial charge in [-0.05, 0) is 31.5 Å². The Kier molecular flexibility index (Phi) is 7.05. The number of benzene rings is 1. The number of halogens is 4. The summed E-state index contributed by atoms with van der Waals surface area (Å²) in [7, 11) is 0. The zero-order valence-corrected chi connectivity index (χ0v) is 14.3. The molecule has 1 N–H and O–H groups in total. The minimum atomic E-state index is -5.00. The van der Waals surface area contributed by atoms with Gasteiger partial charge in [-0.25, -0.2) is 0 Å². The number of alkyl halides is 4. The number of Topliss-reactive ketones (excluding diaryl/α,β-unsaturated/α-hetero) is 1. The van der Waals surface area contributed by atoms with E-state index in [0.29, 0.717) is 12.0 Å². The van der Waals surface area contributed by atoms with Crippen LogP contribution in [0.4, 0.5) is 18.9 Å². The van der Waals surface area contributed by atoms with Crippen LogP contribution in [-0.2, 0) is 4.79 Å². The highest BCUT2D eigenvalue weighted by Gasteiger charge is 2.39. The number of carbonyl (C=O) groups excluding carboxylic acids is 2. The van der Waals surface area contributed by atoms with Crippen molar-refractivity contribution >= 4 is 33.3 Å². The zero-order chi connectivity index (χ0) is 17.6. The maximum atomic E-state index is 12.3. The third-order valence-electron chi connectivity index (χ3n) is 2.90. The summed E-state index contributed by atoms with van der Waals surface area (Å²) in [5.41, 5.74) is 0.168. The Bertz CT molecular complexity index is 576. The van der Waals surface area contributed by atoms with Gasteiger partial charge in [0.15, 0.2) is 5.78 Å². The van der Waals surface area contributed by atoms with Crippen molar-refractivity contribution in [2.45, 2.75) is 37.7 Å². The first-order valence-electron chi connectivity index (χ1n) is 7.04. The Labute approximate surface area is 140 Å². The molecule has 1 amide bonds. The molecule has 1 atom stereocenters. The molecule has 0 spiro atoms. The van der Waals surface area contributed by atoms with Gasteiger partial charge in [-0.3, -0.25) is 9.59 Å². The van der Waals surface area contributed by atoms with Crippen molar-refractivity contribution in [3.8, 4) is 5.75 Å². The van der Waals surface area contributed by atoms with E-state index >= 15 is 0 Å². The molecular formula is C15H17BrF3NO3. The lowest BCUT2D eigenvalue weighted by Gasteiger charge is -2.15. The number of hydrogen-bond acceptors (Lipinski definition) is 3. The molecule has 128 valence electrons. The first kappa shape index (κ1) is 19.5. The first-order valence-corrected chi connectivity index (χ1v) is 7.95. The molecule has 8 heteroatoms. The smallest absolute Gasteiger partial charge is 0.471 e. The predicted octanol–water partition coefficient (Wildman–Crippen LogP) is 4.33. The first-order chi connectivity index (χ1) is 10.7. The summed E-state index contributed by atoms with van der Waals surface area (Å²) in [6, 6.07) is 3.93. The normalized spacial score (nSPS) is 12.6. The third-order valence-corrected chi connectivity index (χ3v) is 3.77. The van der Waals surface area contributed by atoms with Crippen LogP contribution >= 0.6 is 15.9 Å². The van der Waals surface area contributed by atoms with E-state index in [4.69, 9.17) is 4.74 Å². The largest absolute Gasteiger partial charge is 0.492 e. The van der Waals surface area contributed by atoms with E-state index in [0.717, 1.165) is 6.42 Å². The monoisotopic (exact) mass is 395 g/mol. The van der Waals surface area contributed by atoms with Crippen LogP contribution in [0.1, 0.15) is 37.0 Å². The van der Waals surface area contributed by atoms with Crippen LogP contribution in [-0.4, -0.2) is 29.3 Å². The minimum absolute atomic E-state index is 0.0205. The number of carbonyl (C=O) groups is 2.